The molecule has 2 rings (SSSR count). The van der Waals surface area contributed by atoms with Gasteiger partial charge in [0, 0.05) is 17.8 Å². The van der Waals surface area contributed by atoms with Crippen molar-refractivity contribution in [1.29, 1.82) is 0 Å². The summed E-state index contributed by atoms with van der Waals surface area (Å²) < 4.78 is 9.40. The first-order valence-corrected chi connectivity index (χ1v) is 7.11. The van der Waals surface area contributed by atoms with Gasteiger partial charge in [-0.05, 0) is 18.6 Å². The minimum atomic E-state index is -0.132. The first-order chi connectivity index (χ1) is 9.49. The zero-order valence-corrected chi connectivity index (χ0v) is 13.2. The molecule has 0 bridgehead atoms. The second-order valence-electron chi connectivity index (χ2n) is 5.41. The van der Waals surface area contributed by atoms with E-state index in [0.29, 0.717) is 5.88 Å². The fourth-order valence-corrected chi connectivity index (χ4v) is 2.97. The van der Waals surface area contributed by atoms with Gasteiger partial charge in [-0.1, -0.05) is 25.3 Å². The van der Waals surface area contributed by atoms with Crippen LogP contribution >= 0.6 is 11.5 Å². The third kappa shape index (κ3) is 2.78. The molecule has 1 N–H and O–H groups in total. The van der Waals surface area contributed by atoms with E-state index in [1.165, 1.54) is 11.5 Å². The van der Waals surface area contributed by atoms with E-state index < -0.39 is 0 Å². The van der Waals surface area contributed by atoms with E-state index in [1.807, 2.05) is 7.05 Å². The Hall–Kier alpha value is -1.60. The van der Waals surface area contributed by atoms with Crippen molar-refractivity contribution < 1.29 is 4.74 Å². The van der Waals surface area contributed by atoms with Gasteiger partial charge in [-0.15, -0.1) is 5.10 Å². The van der Waals surface area contributed by atoms with Crippen LogP contribution in [0.4, 0.5) is 0 Å². The summed E-state index contributed by atoms with van der Waals surface area (Å²) in [7, 11) is 3.47. The van der Waals surface area contributed by atoms with Crippen LogP contribution < -0.4 is 10.1 Å². The quantitative estimate of drug-likeness (QED) is 0.929. The Balaban J connectivity index is 2.51. The highest BCUT2D eigenvalue weighted by Crippen LogP contribution is 2.34. The maximum absolute atomic E-state index is 5.30. The molecule has 6 nitrogen and oxygen atoms in total. The summed E-state index contributed by atoms with van der Waals surface area (Å²) in [6.07, 6.45) is 3.28. The molecular weight excluding hydrogens is 274 g/mol. The predicted molar refractivity (Wildman–Crippen MR) is 78.1 cm³/mol. The summed E-state index contributed by atoms with van der Waals surface area (Å²) in [5, 5.41) is 7.53. The lowest BCUT2D eigenvalue weighted by Crippen LogP contribution is -2.23. The van der Waals surface area contributed by atoms with Gasteiger partial charge in [0.1, 0.15) is 5.69 Å². The van der Waals surface area contributed by atoms with Crippen molar-refractivity contribution in [1.82, 2.24) is 24.9 Å². The van der Waals surface area contributed by atoms with Gasteiger partial charge in [-0.3, -0.25) is 4.98 Å². The number of methoxy groups -OCH3 is 1. The summed E-state index contributed by atoms with van der Waals surface area (Å²) in [6.45, 7) is 6.36. The van der Waals surface area contributed by atoms with E-state index in [-0.39, 0.29) is 11.5 Å². The fraction of sp³-hybridized carbons (Fsp3) is 0.538. The second-order valence-corrected chi connectivity index (χ2v) is 6.19. The van der Waals surface area contributed by atoms with Gasteiger partial charge >= 0.3 is 0 Å². The summed E-state index contributed by atoms with van der Waals surface area (Å²) in [4.78, 5) is 9.65. The lowest BCUT2D eigenvalue weighted by atomic mass is 9.89. The second kappa shape index (κ2) is 5.80. The number of rotatable bonds is 4. The molecule has 0 aromatic carbocycles. The first-order valence-electron chi connectivity index (χ1n) is 6.34. The van der Waals surface area contributed by atoms with E-state index in [4.69, 9.17) is 4.74 Å². The molecule has 0 fully saturated rings. The van der Waals surface area contributed by atoms with Gasteiger partial charge in [0.05, 0.1) is 23.7 Å². The maximum Gasteiger partial charge on any atom is 0.237 e. The van der Waals surface area contributed by atoms with E-state index in [2.05, 4.69) is 45.6 Å². The van der Waals surface area contributed by atoms with Crippen molar-refractivity contribution >= 4 is 11.5 Å². The number of aromatic nitrogens is 4. The molecule has 108 valence electrons. The Labute approximate surface area is 122 Å². The minimum absolute atomic E-state index is 0.0765. The number of hydrogen-bond donors (Lipinski definition) is 1. The highest BCUT2D eigenvalue weighted by molar-refractivity contribution is 7.05. The molecule has 0 aliphatic heterocycles. The Kier molecular flexibility index (Phi) is 4.29. The molecule has 7 heteroatoms. The highest BCUT2D eigenvalue weighted by Gasteiger charge is 2.30. The molecule has 0 spiro atoms. The Bertz CT molecular complexity index is 578. The van der Waals surface area contributed by atoms with Crippen LogP contribution in [0.1, 0.15) is 43.1 Å². The molecule has 1 unspecified atom stereocenters. The van der Waals surface area contributed by atoms with E-state index in [1.54, 1.807) is 19.5 Å². The Morgan fingerprint density at radius 3 is 2.55 bits per heavy atom. The number of hydrogen-bond acceptors (Lipinski definition) is 7. The van der Waals surface area contributed by atoms with E-state index >= 15 is 0 Å². The molecule has 2 aromatic rings. The molecule has 2 heterocycles. The van der Waals surface area contributed by atoms with Crippen LogP contribution in [0.15, 0.2) is 12.4 Å². The number of nitrogens with one attached hydrogen (secondary N) is 1. The average Bonchev–Trinajstić information content (AvgIpc) is 2.89. The van der Waals surface area contributed by atoms with Crippen LogP contribution in [0.5, 0.6) is 5.88 Å². The lowest BCUT2D eigenvalue weighted by Gasteiger charge is -2.21. The standard InChI is InChI=1S/C13H19N5OS/c1-13(2,3)11-10(20-18-17-11)8(14-4)9-12(19-5)16-7-6-15-9/h6-8,14H,1-5H3. The molecule has 0 saturated heterocycles. The molecular formula is C13H19N5OS. The summed E-state index contributed by atoms with van der Waals surface area (Å²) >= 11 is 1.38. The molecule has 0 aliphatic carbocycles. The third-order valence-corrected chi connectivity index (χ3v) is 3.72. The van der Waals surface area contributed by atoms with E-state index in [9.17, 15) is 0 Å². The van der Waals surface area contributed by atoms with Gasteiger partial charge in [-0.25, -0.2) is 4.98 Å². The third-order valence-electron chi connectivity index (χ3n) is 2.93. The van der Waals surface area contributed by atoms with Gasteiger partial charge in [-0.2, -0.15) is 0 Å². The zero-order chi connectivity index (χ0) is 14.8. The molecule has 1 atom stereocenters. The molecule has 0 saturated carbocycles. The van der Waals surface area contributed by atoms with Crippen molar-refractivity contribution in [3.05, 3.63) is 28.7 Å². The van der Waals surface area contributed by atoms with Crippen LogP contribution in [-0.4, -0.2) is 33.7 Å². The van der Waals surface area contributed by atoms with Crippen LogP contribution in [0, 0.1) is 0 Å². The predicted octanol–water partition coefficient (Wildman–Crippen LogP) is 1.94. The van der Waals surface area contributed by atoms with Gasteiger partial charge in [0.2, 0.25) is 5.88 Å². The van der Waals surface area contributed by atoms with Gasteiger partial charge in [0.25, 0.3) is 0 Å². The van der Waals surface area contributed by atoms with Crippen LogP contribution in [0.2, 0.25) is 0 Å². The van der Waals surface area contributed by atoms with Crippen molar-refractivity contribution in [2.45, 2.75) is 32.2 Å². The van der Waals surface area contributed by atoms with Crippen molar-refractivity contribution in [3.63, 3.8) is 0 Å². The molecule has 0 aliphatic rings. The molecule has 2 aromatic heterocycles. The summed E-state index contributed by atoms with van der Waals surface area (Å²) in [6, 6.07) is -0.132. The number of nitrogens with zero attached hydrogens (tertiary/aromatic N) is 4. The van der Waals surface area contributed by atoms with Crippen LogP contribution in [0.25, 0.3) is 0 Å². The SMILES string of the molecule is CNC(c1nccnc1OC)c1snnc1C(C)(C)C. The zero-order valence-electron chi connectivity index (χ0n) is 12.3. The molecule has 0 radical (unpaired) electrons. The fourth-order valence-electron chi connectivity index (χ4n) is 1.99. The van der Waals surface area contributed by atoms with Crippen LogP contribution in [-0.2, 0) is 5.41 Å². The largest absolute Gasteiger partial charge is 0.480 e. The summed E-state index contributed by atoms with van der Waals surface area (Å²) in [5.74, 6) is 0.514. The van der Waals surface area contributed by atoms with Crippen LogP contribution in [0.3, 0.4) is 0 Å². The van der Waals surface area contributed by atoms with Gasteiger partial charge < -0.3 is 10.1 Å². The lowest BCUT2D eigenvalue weighted by molar-refractivity contribution is 0.384. The van der Waals surface area contributed by atoms with Gasteiger partial charge in [0.15, 0.2) is 0 Å². The monoisotopic (exact) mass is 293 g/mol. The van der Waals surface area contributed by atoms with Crippen molar-refractivity contribution in [3.8, 4) is 5.88 Å². The highest BCUT2D eigenvalue weighted by atomic mass is 32.1. The van der Waals surface area contributed by atoms with Crippen molar-refractivity contribution in [2.24, 2.45) is 0 Å². The molecule has 20 heavy (non-hydrogen) atoms. The van der Waals surface area contributed by atoms with Crippen molar-refractivity contribution in [2.75, 3.05) is 14.2 Å². The maximum atomic E-state index is 5.30. The Morgan fingerprint density at radius 2 is 1.95 bits per heavy atom. The molecule has 0 amide bonds. The summed E-state index contributed by atoms with van der Waals surface area (Å²) in [5.41, 5.74) is 1.64. The average molecular weight is 293 g/mol. The smallest absolute Gasteiger partial charge is 0.237 e. The normalized spacial score (nSPS) is 13.2. The topological polar surface area (TPSA) is 72.8 Å². The minimum Gasteiger partial charge on any atom is -0.480 e. The van der Waals surface area contributed by atoms with E-state index in [0.717, 1.165) is 16.3 Å². The number of ether oxygens (including phenoxy) is 1. The Morgan fingerprint density at radius 1 is 1.25 bits per heavy atom. The first kappa shape index (κ1) is 14.8.